The first-order valence-corrected chi connectivity index (χ1v) is 6.59. The number of halogens is 1. The molecule has 0 aliphatic rings. The first-order valence-electron chi connectivity index (χ1n) is 6.59. The molecule has 0 aliphatic heterocycles. The van der Waals surface area contributed by atoms with Gasteiger partial charge >= 0.3 is 0 Å². The number of hydrogen-bond acceptors (Lipinski definition) is 0. The van der Waals surface area contributed by atoms with E-state index in [0.717, 1.165) is 0 Å². The maximum atomic E-state index is 3.00. The van der Waals surface area contributed by atoms with Crippen molar-refractivity contribution in [1.82, 2.24) is 0 Å². The lowest BCUT2D eigenvalue weighted by atomic mass is 10.2. The summed E-state index contributed by atoms with van der Waals surface area (Å²) in [5, 5.41) is 0. The second-order valence-corrected chi connectivity index (χ2v) is 4.24. The summed E-state index contributed by atoms with van der Waals surface area (Å²) in [7, 11) is 0. The van der Waals surface area contributed by atoms with Crippen LogP contribution in [0.3, 0.4) is 0 Å². The van der Waals surface area contributed by atoms with Crippen molar-refractivity contribution >= 4 is 0 Å². The van der Waals surface area contributed by atoms with Gasteiger partial charge in [-0.1, -0.05) is 27.7 Å². The Balaban J connectivity index is -0.000000529. The lowest BCUT2D eigenvalue weighted by molar-refractivity contribution is -0.928. The quantitative estimate of drug-likeness (QED) is 0.467. The smallest absolute Gasteiger partial charge is 0.0783 e. The van der Waals surface area contributed by atoms with E-state index < -0.39 is 0 Å². The summed E-state index contributed by atoms with van der Waals surface area (Å²) in [4.78, 5) is 0. The van der Waals surface area contributed by atoms with Crippen LogP contribution in [-0.2, 0) is 0 Å². The zero-order chi connectivity index (χ0) is 12.2. The highest BCUT2D eigenvalue weighted by molar-refractivity contribution is 4.43. The minimum Gasteiger partial charge on any atom is -1.00 e. The number of nitrogens with zero attached hydrogens (tertiary/aromatic N) is 1. The van der Waals surface area contributed by atoms with Crippen LogP contribution < -0.4 is 17.0 Å². The third kappa shape index (κ3) is 9.41. The molecule has 0 rings (SSSR count). The summed E-state index contributed by atoms with van der Waals surface area (Å²) in [6.45, 7) is 20.8. The molecule has 0 unspecified atom stereocenters. The van der Waals surface area contributed by atoms with Crippen LogP contribution in [0.5, 0.6) is 0 Å². The van der Waals surface area contributed by atoms with Gasteiger partial charge in [0.15, 0.2) is 0 Å². The summed E-state index contributed by atoms with van der Waals surface area (Å²) in [6, 6.07) is 0. The van der Waals surface area contributed by atoms with Crippen LogP contribution >= 0.6 is 0 Å². The van der Waals surface area contributed by atoms with Crippen LogP contribution in [0.25, 0.3) is 0 Å². The largest absolute Gasteiger partial charge is 1.00 e. The SMILES string of the molecule is C=C.CCC[N+](CCC)(CCC)CCC.[Br-]. The van der Waals surface area contributed by atoms with Gasteiger partial charge in [-0.3, -0.25) is 0 Å². The monoisotopic (exact) mass is 293 g/mol. The summed E-state index contributed by atoms with van der Waals surface area (Å²) in [6.07, 6.45) is 5.33. The van der Waals surface area contributed by atoms with Gasteiger partial charge < -0.3 is 21.5 Å². The van der Waals surface area contributed by atoms with E-state index in [-0.39, 0.29) is 17.0 Å². The fraction of sp³-hybridized carbons (Fsp3) is 0.857. The highest BCUT2D eigenvalue weighted by Gasteiger charge is 2.22. The Morgan fingerprint density at radius 1 is 0.625 bits per heavy atom. The van der Waals surface area contributed by atoms with Crippen molar-refractivity contribution in [3.8, 4) is 0 Å². The van der Waals surface area contributed by atoms with Crippen LogP contribution in [0.15, 0.2) is 13.2 Å². The first kappa shape index (κ1) is 21.5. The molecule has 0 fully saturated rings. The van der Waals surface area contributed by atoms with Gasteiger partial charge in [0.1, 0.15) is 0 Å². The normalized spacial score (nSPS) is 10.0. The predicted molar refractivity (Wildman–Crippen MR) is 72.1 cm³/mol. The molecule has 0 aromatic rings. The molecule has 1 nitrogen and oxygen atoms in total. The first-order chi connectivity index (χ1) is 7.24. The van der Waals surface area contributed by atoms with Crippen LogP contribution in [-0.4, -0.2) is 30.7 Å². The van der Waals surface area contributed by atoms with Gasteiger partial charge in [-0.05, 0) is 25.7 Å². The van der Waals surface area contributed by atoms with Gasteiger partial charge in [0.2, 0.25) is 0 Å². The maximum absolute atomic E-state index is 3.00. The second kappa shape index (κ2) is 15.2. The molecule has 0 amide bonds. The molecule has 0 aliphatic carbocycles. The Bertz CT molecular complexity index is 96.4. The number of quaternary nitrogens is 1. The fourth-order valence-electron chi connectivity index (χ4n) is 2.57. The standard InChI is InChI=1S/C12H28N.C2H4.BrH/c1-5-9-13(10-6-2,11-7-3)12-8-4;1-2;/h5-12H2,1-4H3;1-2H2;1H/q+1;;/p-1. The Hall–Kier alpha value is 0.180. The number of hydrogen-bond donors (Lipinski definition) is 0. The molecule has 0 atom stereocenters. The second-order valence-electron chi connectivity index (χ2n) is 4.24. The van der Waals surface area contributed by atoms with Gasteiger partial charge in [0.05, 0.1) is 26.2 Å². The van der Waals surface area contributed by atoms with E-state index in [1.165, 1.54) is 56.3 Å². The molecular formula is C14H32BrN. The van der Waals surface area contributed by atoms with Gasteiger partial charge in [-0.25, -0.2) is 0 Å². The molecule has 0 N–H and O–H groups in total. The summed E-state index contributed by atoms with van der Waals surface area (Å²) in [5.74, 6) is 0. The fourth-order valence-corrected chi connectivity index (χ4v) is 2.57. The molecule has 0 aromatic carbocycles. The lowest BCUT2D eigenvalue weighted by Crippen LogP contribution is -3.00. The van der Waals surface area contributed by atoms with Crippen molar-refractivity contribution in [3.05, 3.63) is 13.2 Å². The highest BCUT2D eigenvalue weighted by atomic mass is 79.9. The van der Waals surface area contributed by atoms with E-state index in [2.05, 4.69) is 40.9 Å². The van der Waals surface area contributed by atoms with Crippen LogP contribution in [0.4, 0.5) is 0 Å². The van der Waals surface area contributed by atoms with Crippen LogP contribution in [0.2, 0.25) is 0 Å². The maximum Gasteiger partial charge on any atom is 0.0783 e. The van der Waals surface area contributed by atoms with Crippen molar-refractivity contribution < 1.29 is 21.5 Å². The van der Waals surface area contributed by atoms with E-state index in [1.54, 1.807) is 0 Å². The lowest BCUT2D eigenvalue weighted by Gasteiger charge is -2.38. The molecule has 100 valence electrons. The molecule has 0 spiro atoms. The highest BCUT2D eigenvalue weighted by Crippen LogP contribution is 2.12. The molecule has 0 bridgehead atoms. The van der Waals surface area contributed by atoms with E-state index >= 15 is 0 Å². The van der Waals surface area contributed by atoms with Gasteiger partial charge in [-0.15, -0.1) is 13.2 Å². The van der Waals surface area contributed by atoms with Gasteiger partial charge in [0.25, 0.3) is 0 Å². The minimum atomic E-state index is 0. The summed E-state index contributed by atoms with van der Waals surface area (Å²) >= 11 is 0. The zero-order valence-electron chi connectivity index (χ0n) is 11.9. The average molecular weight is 294 g/mol. The predicted octanol–water partition coefficient (Wildman–Crippen LogP) is 1.25. The van der Waals surface area contributed by atoms with Crippen molar-refractivity contribution in [1.29, 1.82) is 0 Å². The van der Waals surface area contributed by atoms with Crippen LogP contribution in [0.1, 0.15) is 53.4 Å². The van der Waals surface area contributed by atoms with E-state index in [9.17, 15) is 0 Å². The Labute approximate surface area is 114 Å². The van der Waals surface area contributed by atoms with Crippen LogP contribution in [0, 0.1) is 0 Å². The van der Waals surface area contributed by atoms with E-state index in [1.807, 2.05) is 0 Å². The molecule has 0 radical (unpaired) electrons. The Morgan fingerprint density at radius 2 is 0.812 bits per heavy atom. The molecule has 2 heteroatoms. The number of rotatable bonds is 8. The molecule has 0 aromatic heterocycles. The molecule has 0 saturated heterocycles. The van der Waals surface area contributed by atoms with Gasteiger partial charge in [0, 0.05) is 0 Å². The Morgan fingerprint density at radius 3 is 0.938 bits per heavy atom. The van der Waals surface area contributed by atoms with Crippen molar-refractivity contribution in [3.63, 3.8) is 0 Å². The molecular weight excluding hydrogens is 262 g/mol. The molecule has 0 heterocycles. The van der Waals surface area contributed by atoms with E-state index in [0.29, 0.717) is 0 Å². The van der Waals surface area contributed by atoms with Crippen molar-refractivity contribution in [2.75, 3.05) is 26.2 Å². The summed E-state index contributed by atoms with van der Waals surface area (Å²) in [5.41, 5.74) is 0. The molecule has 0 saturated carbocycles. The van der Waals surface area contributed by atoms with Crippen molar-refractivity contribution in [2.45, 2.75) is 53.4 Å². The third-order valence-electron chi connectivity index (χ3n) is 2.79. The molecule has 16 heavy (non-hydrogen) atoms. The van der Waals surface area contributed by atoms with Crippen molar-refractivity contribution in [2.24, 2.45) is 0 Å². The minimum absolute atomic E-state index is 0. The topological polar surface area (TPSA) is 0 Å². The Kier molecular flexibility index (Phi) is 20.4. The zero-order valence-corrected chi connectivity index (χ0v) is 13.5. The third-order valence-corrected chi connectivity index (χ3v) is 2.79. The van der Waals surface area contributed by atoms with Gasteiger partial charge in [-0.2, -0.15) is 0 Å². The summed E-state index contributed by atoms with van der Waals surface area (Å²) < 4.78 is 1.38. The average Bonchev–Trinajstić information content (AvgIpc) is 2.22. The van der Waals surface area contributed by atoms with E-state index in [4.69, 9.17) is 0 Å².